The summed E-state index contributed by atoms with van der Waals surface area (Å²) in [4.78, 5) is 10.5. The molecule has 1 aliphatic rings. The highest BCUT2D eigenvalue weighted by molar-refractivity contribution is 5.81. The third kappa shape index (κ3) is 2.39. The summed E-state index contributed by atoms with van der Waals surface area (Å²) in [6.45, 7) is 2.10. The topological polar surface area (TPSA) is 29.1 Å². The number of carbonyl (C=O) groups is 1. The van der Waals surface area contributed by atoms with Gasteiger partial charge in [-0.15, -0.1) is 0 Å². The summed E-state index contributed by atoms with van der Waals surface area (Å²) in [6.07, 6.45) is -1.04. The monoisotopic (exact) mass is 209 g/mol. The second-order valence-electron chi connectivity index (χ2n) is 3.89. The van der Waals surface area contributed by atoms with Crippen molar-refractivity contribution in [2.75, 3.05) is 6.54 Å². The van der Waals surface area contributed by atoms with Crippen LogP contribution in [0.4, 0.5) is 13.2 Å². The fraction of sp³-hybridized carbons (Fsp3) is 0.889. The van der Waals surface area contributed by atoms with E-state index in [0.717, 1.165) is 25.7 Å². The predicted octanol–water partition coefficient (Wildman–Crippen LogP) is 2.25. The van der Waals surface area contributed by atoms with E-state index in [0.29, 0.717) is 0 Å². The molecular formula is C9H14F3NO. The molecular weight excluding hydrogens is 195 g/mol. The van der Waals surface area contributed by atoms with Gasteiger partial charge in [0.2, 0.25) is 0 Å². The van der Waals surface area contributed by atoms with Gasteiger partial charge in [-0.3, -0.25) is 4.79 Å². The van der Waals surface area contributed by atoms with E-state index in [9.17, 15) is 18.0 Å². The van der Waals surface area contributed by atoms with Crippen molar-refractivity contribution in [2.45, 2.75) is 38.8 Å². The van der Waals surface area contributed by atoms with Gasteiger partial charge in [-0.25, -0.2) is 0 Å². The number of hydrogen-bond acceptors (Lipinski definition) is 1. The van der Waals surface area contributed by atoms with E-state index in [4.69, 9.17) is 0 Å². The van der Waals surface area contributed by atoms with E-state index < -0.39 is 12.1 Å². The number of amides is 1. The quantitative estimate of drug-likeness (QED) is 0.758. The highest BCUT2D eigenvalue weighted by atomic mass is 19.4. The van der Waals surface area contributed by atoms with Gasteiger partial charge < -0.3 is 5.32 Å². The first-order chi connectivity index (χ1) is 6.40. The molecule has 0 aromatic carbocycles. The zero-order valence-corrected chi connectivity index (χ0v) is 8.08. The van der Waals surface area contributed by atoms with Gasteiger partial charge in [0, 0.05) is 6.54 Å². The lowest BCUT2D eigenvalue weighted by atomic mass is 9.67. The van der Waals surface area contributed by atoms with Gasteiger partial charge in [-0.1, -0.05) is 13.3 Å². The van der Waals surface area contributed by atoms with Crippen molar-refractivity contribution in [3.63, 3.8) is 0 Å². The Balaban J connectivity index is 2.36. The first-order valence-corrected chi connectivity index (χ1v) is 4.75. The molecule has 2 nitrogen and oxygen atoms in total. The molecule has 1 amide bonds. The average Bonchev–Trinajstić information content (AvgIpc) is 2.01. The summed E-state index contributed by atoms with van der Waals surface area (Å²) in [5.74, 6) is -1.82. The largest absolute Gasteiger partial charge is 0.471 e. The molecule has 0 atom stereocenters. The van der Waals surface area contributed by atoms with Crippen molar-refractivity contribution in [2.24, 2.45) is 5.41 Å². The van der Waals surface area contributed by atoms with E-state index in [1.165, 1.54) is 0 Å². The molecule has 5 heteroatoms. The summed E-state index contributed by atoms with van der Waals surface area (Å²) < 4.78 is 35.5. The lowest BCUT2D eigenvalue weighted by Gasteiger charge is -2.41. The second kappa shape index (κ2) is 3.79. The van der Waals surface area contributed by atoms with E-state index in [1.807, 2.05) is 12.2 Å². The zero-order chi connectivity index (χ0) is 10.8. The summed E-state index contributed by atoms with van der Waals surface area (Å²) in [5.41, 5.74) is -0.0685. The lowest BCUT2D eigenvalue weighted by Crippen LogP contribution is -2.45. The molecule has 0 aromatic heterocycles. The summed E-state index contributed by atoms with van der Waals surface area (Å²) in [7, 11) is 0. The van der Waals surface area contributed by atoms with E-state index in [1.54, 1.807) is 0 Å². The molecule has 0 aliphatic heterocycles. The van der Waals surface area contributed by atoms with Crippen LogP contribution >= 0.6 is 0 Å². The number of rotatable bonds is 3. The summed E-state index contributed by atoms with van der Waals surface area (Å²) in [6, 6.07) is 0. The highest BCUT2D eigenvalue weighted by Crippen LogP contribution is 2.43. The van der Waals surface area contributed by atoms with Crippen LogP contribution in [-0.4, -0.2) is 18.6 Å². The Morgan fingerprint density at radius 2 is 2.00 bits per heavy atom. The molecule has 1 aliphatic carbocycles. The van der Waals surface area contributed by atoms with E-state index in [2.05, 4.69) is 0 Å². The molecule has 0 unspecified atom stereocenters. The Hall–Kier alpha value is -0.740. The fourth-order valence-corrected chi connectivity index (χ4v) is 1.70. The molecule has 1 saturated carbocycles. The number of alkyl halides is 3. The van der Waals surface area contributed by atoms with Crippen LogP contribution in [0.25, 0.3) is 0 Å². The molecule has 1 fully saturated rings. The van der Waals surface area contributed by atoms with Crippen molar-refractivity contribution >= 4 is 5.91 Å². The van der Waals surface area contributed by atoms with Crippen molar-refractivity contribution in [3.05, 3.63) is 0 Å². The Labute approximate surface area is 80.9 Å². The van der Waals surface area contributed by atoms with Crippen LogP contribution in [0.15, 0.2) is 0 Å². The van der Waals surface area contributed by atoms with Crippen molar-refractivity contribution in [3.8, 4) is 0 Å². The number of carbonyl (C=O) groups excluding carboxylic acids is 1. The van der Waals surface area contributed by atoms with Crippen LogP contribution in [0, 0.1) is 5.41 Å². The van der Waals surface area contributed by atoms with E-state index in [-0.39, 0.29) is 12.0 Å². The summed E-state index contributed by atoms with van der Waals surface area (Å²) >= 11 is 0. The van der Waals surface area contributed by atoms with Gasteiger partial charge in [0.25, 0.3) is 0 Å². The van der Waals surface area contributed by atoms with Crippen LogP contribution in [0.3, 0.4) is 0 Å². The highest BCUT2D eigenvalue weighted by Gasteiger charge is 2.41. The Morgan fingerprint density at radius 3 is 2.29 bits per heavy atom. The van der Waals surface area contributed by atoms with Crippen LogP contribution in [0.2, 0.25) is 0 Å². The first kappa shape index (κ1) is 11.3. The molecule has 0 bridgehead atoms. The minimum atomic E-state index is -4.75. The van der Waals surface area contributed by atoms with Gasteiger partial charge in [0.15, 0.2) is 0 Å². The molecule has 0 spiro atoms. The van der Waals surface area contributed by atoms with Crippen molar-refractivity contribution < 1.29 is 18.0 Å². The van der Waals surface area contributed by atoms with Crippen LogP contribution in [-0.2, 0) is 4.79 Å². The molecule has 0 saturated heterocycles. The second-order valence-corrected chi connectivity index (χ2v) is 3.89. The minimum absolute atomic E-state index is 0.0685. The normalized spacial score (nSPS) is 20.0. The smallest absolute Gasteiger partial charge is 0.348 e. The molecule has 82 valence electrons. The molecule has 14 heavy (non-hydrogen) atoms. The van der Waals surface area contributed by atoms with Crippen molar-refractivity contribution in [1.29, 1.82) is 0 Å². The Morgan fingerprint density at radius 1 is 1.43 bits per heavy atom. The summed E-state index contributed by atoms with van der Waals surface area (Å²) in [5, 5.41) is 1.95. The zero-order valence-electron chi connectivity index (χ0n) is 8.08. The van der Waals surface area contributed by atoms with Gasteiger partial charge in [-0.2, -0.15) is 13.2 Å². The average molecular weight is 209 g/mol. The van der Waals surface area contributed by atoms with Crippen LogP contribution < -0.4 is 5.32 Å². The third-order valence-electron chi connectivity index (χ3n) is 3.05. The number of hydrogen-bond donors (Lipinski definition) is 1. The van der Waals surface area contributed by atoms with Gasteiger partial charge in [-0.05, 0) is 24.7 Å². The van der Waals surface area contributed by atoms with Crippen molar-refractivity contribution in [1.82, 2.24) is 5.32 Å². The lowest BCUT2D eigenvalue weighted by molar-refractivity contribution is -0.174. The fourth-order valence-electron chi connectivity index (χ4n) is 1.70. The first-order valence-electron chi connectivity index (χ1n) is 4.75. The van der Waals surface area contributed by atoms with Crippen LogP contribution in [0.5, 0.6) is 0 Å². The molecule has 0 heterocycles. The SMILES string of the molecule is CCC1(CNC(=O)C(F)(F)F)CCC1. The number of halogens is 3. The van der Waals surface area contributed by atoms with E-state index >= 15 is 0 Å². The van der Waals surface area contributed by atoms with Gasteiger partial charge >= 0.3 is 12.1 Å². The standard InChI is InChI=1S/C9H14F3NO/c1-2-8(4-3-5-8)6-13-7(14)9(10,11)12/h2-6H2,1H3,(H,13,14). The molecule has 0 aromatic rings. The van der Waals surface area contributed by atoms with Crippen LogP contribution in [0.1, 0.15) is 32.6 Å². The Kier molecular flexibility index (Phi) is 3.07. The molecule has 1 N–H and O–H groups in total. The van der Waals surface area contributed by atoms with Gasteiger partial charge in [0.1, 0.15) is 0 Å². The molecule has 0 radical (unpaired) electrons. The van der Waals surface area contributed by atoms with Gasteiger partial charge in [0.05, 0.1) is 0 Å². The maximum Gasteiger partial charge on any atom is 0.471 e. The predicted molar refractivity (Wildman–Crippen MR) is 45.6 cm³/mol. The maximum atomic E-state index is 11.8. The minimum Gasteiger partial charge on any atom is -0.348 e. The number of nitrogens with one attached hydrogen (secondary N) is 1. The maximum absolute atomic E-state index is 11.8. The Bertz CT molecular complexity index is 215. The third-order valence-corrected chi connectivity index (χ3v) is 3.05. The molecule has 1 rings (SSSR count).